The minimum absolute atomic E-state index is 0.135. The molecule has 0 unspecified atom stereocenters. The van der Waals surface area contributed by atoms with Crippen molar-refractivity contribution in [3.05, 3.63) is 163 Å². The largest absolute Gasteiger partial charge is 0.455 e. The van der Waals surface area contributed by atoms with Gasteiger partial charge in [-0.15, -0.1) is 0 Å². The lowest BCUT2D eigenvalue weighted by atomic mass is 9.64. The first kappa shape index (κ1) is 33.4. The molecule has 0 fully saturated rings. The summed E-state index contributed by atoms with van der Waals surface area (Å²) in [5.74, 6) is 0. The fourth-order valence-corrected chi connectivity index (χ4v) is 9.56. The van der Waals surface area contributed by atoms with Gasteiger partial charge in [0.1, 0.15) is 42.6 Å². The molecular weight excluding hydrogens is 662 g/mol. The van der Waals surface area contributed by atoms with Crippen LogP contribution in [0.4, 0.5) is 17.1 Å². The summed E-state index contributed by atoms with van der Waals surface area (Å²) >= 11 is 0. The van der Waals surface area contributed by atoms with E-state index in [2.05, 4.69) is 202 Å². The molecule has 10 rings (SSSR count). The topological polar surface area (TPSA) is 16.4 Å². The van der Waals surface area contributed by atoms with Crippen LogP contribution in [0.1, 0.15) is 25.0 Å². The molecule has 1 aliphatic rings. The van der Waals surface area contributed by atoms with Crippen LogP contribution >= 0.6 is 0 Å². The van der Waals surface area contributed by atoms with Crippen molar-refractivity contribution >= 4 is 103 Å². The lowest BCUT2D eigenvalue weighted by Crippen LogP contribution is -2.46. The van der Waals surface area contributed by atoms with Crippen LogP contribution in [0.2, 0.25) is 0 Å². The first-order valence-electron chi connectivity index (χ1n) is 19.4. The molecule has 55 heavy (non-hydrogen) atoms. The van der Waals surface area contributed by atoms with E-state index in [1.165, 1.54) is 66.3 Å². The summed E-state index contributed by atoms with van der Waals surface area (Å²) in [5.41, 5.74) is 20.6. The van der Waals surface area contributed by atoms with Gasteiger partial charge in [0.25, 0.3) is 0 Å². The summed E-state index contributed by atoms with van der Waals surface area (Å²) in [7, 11) is 9.20. The van der Waals surface area contributed by atoms with Crippen molar-refractivity contribution < 1.29 is 4.42 Å². The molecule has 1 aromatic heterocycles. The van der Waals surface area contributed by atoms with E-state index < -0.39 is 0 Å². The van der Waals surface area contributed by atoms with E-state index >= 15 is 0 Å². The molecule has 1 heterocycles. The monoisotopic (exact) mass is 701 g/mol. The predicted octanol–water partition coefficient (Wildman–Crippen LogP) is 6.88. The maximum Gasteiger partial charge on any atom is 0.143 e. The van der Waals surface area contributed by atoms with E-state index in [4.69, 9.17) is 4.42 Å². The molecule has 0 atom stereocenters. The smallest absolute Gasteiger partial charge is 0.143 e. The second-order valence-corrected chi connectivity index (χ2v) is 15.8. The summed E-state index contributed by atoms with van der Waals surface area (Å²) in [6.45, 7) is 4.74. The highest BCUT2D eigenvalue weighted by molar-refractivity contribution is 6.63. The highest BCUT2D eigenvalue weighted by atomic mass is 16.3. The average molecular weight is 701 g/mol. The van der Waals surface area contributed by atoms with Crippen LogP contribution in [0.3, 0.4) is 0 Å². The van der Waals surface area contributed by atoms with E-state index in [0.717, 1.165) is 49.8 Å². The van der Waals surface area contributed by atoms with Gasteiger partial charge in [-0.25, -0.2) is 0 Å². The van der Waals surface area contributed by atoms with Crippen molar-refractivity contribution in [2.75, 3.05) is 4.90 Å². The van der Waals surface area contributed by atoms with Gasteiger partial charge in [-0.2, -0.15) is 0 Å². The highest BCUT2D eigenvalue weighted by Crippen LogP contribution is 2.51. The molecule has 0 saturated heterocycles. The normalized spacial score (nSPS) is 13.0. The van der Waals surface area contributed by atoms with Crippen molar-refractivity contribution in [1.29, 1.82) is 0 Å². The van der Waals surface area contributed by atoms with Crippen molar-refractivity contribution in [2.24, 2.45) is 0 Å². The Balaban J connectivity index is 1.27. The molecule has 0 radical (unpaired) electrons. The van der Waals surface area contributed by atoms with Crippen LogP contribution in [0.15, 0.2) is 156 Å². The maximum atomic E-state index is 6.71. The van der Waals surface area contributed by atoms with Crippen molar-refractivity contribution in [2.45, 2.75) is 19.3 Å². The fourth-order valence-electron chi connectivity index (χ4n) is 9.56. The molecule has 6 heteroatoms. The Labute approximate surface area is 326 Å². The molecule has 0 bridgehead atoms. The number of nitrogens with zero attached hydrogens (tertiary/aromatic N) is 1. The number of fused-ring (bicyclic) bond motifs is 8. The molecule has 0 N–H and O–H groups in total. The number of para-hydroxylation sites is 1. The minimum Gasteiger partial charge on any atom is -0.455 e. The third kappa shape index (κ3) is 4.94. The molecule has 9 aromatic rings. The molecule has 8 aromatic carbocycles. The molecule has 0 amide bonds. The third-order valence-corrected chi connectivity index (χ3v) is 12.5. The van der Waals surface area contributed by atoms with Gasteiger partial charge in [-0.1, -0.05) is 157 Å². The zero-order valence-electron chi connectivity index (χ0n) is 32.3. The summed E-state index contributed by atoms with van der Waals surface area (Å²) in [6, 6.07) is 55.3. The van der Waals surface area contributed by atoms with Crippen LogP contribution in [0, 0.1) is 0 Å². The Kier molecular flexibility index (Phi) is 7.58. The number of benzene rings is 8. The first-order valence-corrected chi connectivity index (χ1v) is 19.4. The third-order valence-electron chi connectivity index (χ3n) is 12.5. The van der Waals surface area contributed by atoms with Crippen molar-refractivity contribution in [1.82, 2.24) is 0 Å². The quantitative estimate of drug-likeness (QED) is 0.182. The molecule has 1 aliphatic carbocycles. The van der Waals surface area contributed by atoms with Gasteiger partial charge in [0.2, 0.25) is 0 Å². The van der Waals surface area contributed by atoms with Crippen molar-refractivity contribution in [3.8, 4) is 33.4 Å². The summed E-state index contributed by atoms with van der Waals surface area (Å²) in [6.07, 6.45) is 0. The lowest BCUT2D eigenvalue weighted by Gasteiger charge is -2.34. The zero-order valence-corrected chi connectivity index (χ0v) is 32.3. The average Bonchev–Trinajstić information content (AvgIpc) is 3.72. The zero-order chi connectivity index (χ0) is 37.6. The van der Waals surface area contributed by atoms with E-state index in [1.54, 1.807) is 0 Å². The Hall–Kier alpha value is -6.12. The van der Waals surface area contributed by atoms with Crippen LogP contribution in [-0.4, -0.2) is 31.4 Å². The fraction of sp³-hybridized carbons (Fsp3) is 0.0612. The maximum absolute atomic E-state index is 6.71. The Morgan fingerprint density at radius 2 is 1.16 bits per heavy atom. The number of hydrogen-bond donors (Lipinski definition) is 0. The number of rotatable bonds is 5. The Bertz CT molecular complexity index is 2990. The predicted molar refractivity (Wildman–Crippen MR) is 247 cm³/mol. The standard InChI is InChI=1S/C49H39B4NO/c1-49(2)37-20-10-8-17-32(37)33-26-24-30(27-38(33)49)54(47-45(52)43(50)41(44(51)46(47)53)29-14-4-3-5-15-29)39-21-11-9-18-34(39)35-19-12-22-40-42(35)36-25-23-28-13-6-7-16-31(28)48(36)55-40/h3-27H,50-53H2,1-2H3. The Morgan fingerprint density at radius 3 is 1.96 bits per heavy atom. The molecule has 0 spiro atoms. The molecule has 0 aliphatic heterocycles. The van der Waals surface area contributed by atoms with E-state index in [0.29, 0.717) is 0 Å². The van der Waals surface area contributed by atoms with Gasteiger partial charge in [-0.05, 0) is 74.7 Å². The number of furan rings is 1. The number of hydrogen-bond acceptors (Lipinski definition) is 2. The highest BCUT2D eigenvalue weighted by Gasteiger charge is 2.36. The summed E-state index contributed by atoms with van der Waals surface area (Å²) < 4.78 is 6.71. The van der Waals surface area contributed by atoms with E-state index in [1.807, 2.05) is 0 Å². The SMILES string of the molecule is Bc1c(B)c(N(c2ccc3c(c2)C(C)(C)c2ccccc2-3)c2ccccc2-c2cccc3oc4c5ccccc5ccc4c23)c(B)c(B)c1-c1ccccc1. The first-order chi connectivity index (χ1) is 26.7. The summed E-state index contributed by atoms with van der Waals surface area (Å²) in [4.78, 5) is 2.55. The van der Waals surface area contributed by atoms with Gasteiger partial charge >= 0.3 is 0 Å². The molecule has 258 valence electrons. The lowest BCUT2D eigenvalue weighted by molar-refractivity contribution is 0.660. The van der Waals surface area contributed by atoms with Crippen LogP contribution in [0.25, 0.3) is 66.1 Å². The van der Waals surface area contributed by atoms with Gasteiger partial charge in [-0.3, -0.25) is 0 Å². The second-order valence-electron chi connectivity index (χ2n) is 15.8. The minimum atomic E-state index is -0.135. The number of anilines is 3. The van der Waals surface area contributed by atoms with Crippen LogP contribution in [-0.2, 0) is 5.41 Å². The van der Waals surface area contributed by atoms with Gasteiger partial charge in [0.05, 0.1) is 5.69 Å². The van der Waals surface area contributed by atoms with Gasteiger partial charge in [0, 0.05) is 38.5 Å². The van der Waals surface area contributed by atoms with Gasteiger partial charge < -0.3 is 9.32 Å². The van der Waals surface area contributed by atoms with E-state index in [-0.39, 0.29) is 5.41 Å². The molecular formula is C49H39B4NO. The van der Waals surface area contributed by atoms with E-state index in [9.17, 15) is 0 Å². The van der Waals surface area contributed by atoms with Crippen LogP contribution < -0.4 is 26.8 Å². The van der Waals surface area contributed by atoms with Crippen molar-refractivity contribution in [3.63, 3.8) is 0 Å². The van der Waals surface area contributed by atoms with Crippen LogP contribution in [0.5, 0.6) is 0 Å². The van der Waals surface area contributed by atoms with Gasteiger partial charge in [0.15, 0.2) is 0 Å². The second kappa shape index (κ2) is 12.5. The molecule has 2 nitrogen and oxygen atoms in total. The Morgan fingerprint density at radius 1 is 0.509 bits per heavy atom. The summed E-state index contributed by atoms with van der Waals surface area (Å²) in [5, 5.41) is 4.59. The molecule has 0 saturated carbocycles.